The minimum atomic E-state index is -3.18. The summed E-state index contributed by atoms with van der Waals surface area (Å²) in [4.78, 5) is 0. The zero-order chi connectivity index (χ0) is 11.5. The number of unbranched alkanes of at least 4 members (excludes halogenated alkanes) is 1. The molecular formula is C10H21NO3S. The minimum absolute atomic E-state index is 0.0571. The molecule has 0 aliphatic heterocycles. The summed E-state index contributed by atoms with van der Waals surface area (Å²) < 4.78 is 26.1. The molecule has 0 atom stereocenters. The van der Waals surface area contributed by atoms with Crippen LogP contribution >= 0.6 is 0 Å². The van der Waals surface area contributed by atoms with Crippen LogP contribution in [0.1, 0.15) is 39.5 Å². The Morgan fingerprint density at radius 1 is 1.33 bits per heavy atom. The Kier molecular flexibility index (Phi) is 4.14. The van der Waals surface area contributed by atoms with Crippen molar-refractivity contribution in [1.29, 1.82) is 0 Å². The number of aliphatic hydroxyl groups excluding tert-OH is 1. The Morgan fingerprint density at radius 3 is 2.40 bits per heavy atom. The van der Waals surface area contributed by atoms with Gasteiger partial charge in [0.2, 0.25) is 10.0 Å². The van der Waals surface area contributed by atoms with E-state index >= 15 is 0 Å². The predicted octanol–water partition coefficient (Wildman–Crippen LogP) is 0.867. The van der Waals surface area contributed by atoms with Crippen LogP contribution in [-0.4, -0.2) is 31.4 Å². The van der Waals surface area contributed by atoms with E-state index in [2.05, 4.69) is 4.72 Å². The van der Waals surface area contributed by atoms with Crippen LogP contribution in [0.4, 0.5) is 0 Å². The SMILES string of the molecule is CC(C)(NS(=O)(=O)CCCCO)C1CC1. The number of sulfonamides is 1. The lowest BCUT2D eigenvalue weighted by Gasteiger charge is -2.25. The fourth-order valence-corrected chi connectivity index (χ4v) is 3.40. The molecule has 0 bridgehead atoms. The third-order valence-electron chi connectivity index (χ3n) is 2.84. The van der Waals surface area contributed by atoms with Crippen molar-refractivity contribution in [3.05, 3.63) is 0 Å². The highest BCUT2D eigenvalue weighted by Crippen LogP contribution is 2.39. The summed E-state index contributed by atoms with van der Waals surface area (Å²) in [5, 5.41) is 8.58. The van der Waals surface area contributed by atoms with Crippen molar-refractivity contribution in [2.75, 3.05) is 12.4 Å². The lowest BCUT2D eigenvalue weighted by atomic mass is 10.0. The third kappa shape index (κ3) is 4.49. The van der Waals surface area contributed by atoms with Gasteiger partial charge in [0, 0.05) is 12.1 Å². The van der Waals surface area contributed by atoms with Gasteiger partial charge in [-0.3, -0.25) is 0 Å². The number of aliphatic hydroxyl groups is 1. The largest absolute Gasteiger partial charge is 0.396 e. The second-order valence-corrected chi connectivity index (χ2v) is 6.69. The van der Waals surface area contributed by atoms with Crippen molar-refractivity contribution < 1.29 is 13.5 Å². The molecule has 0 aromatic rings. The summed E-state index contributed by atoms with van der Waals surface area (Å²) in [5.74, 6) is 0.606. The molecule has 15 heavy (non-hydrogen) atoms. The van der Waals surface area contributed by atoms with Gasteiger partial charge in [0.25, 0.3) is 0 Å². The maximum atomic E-state index is 11.7. The quantitative estimate of drug-likeness (QED) is 0.643. The fraction of sp³-hybridized carbons (Fsp3) is 1.00. The van der Waals surface area contributed by atoms with Gasteiger partial charge in [0.1, 0.15) is 0 Å². The first-order valence-electron chi connectivity index (χ1n) is 5.50. The van der Waals surface area contributed by atoms with Crippen molar-refractivity contribution in [2.45, 2.75) is 45.1 Å². The van der Waals surface area contributed by atoms with Gasteiger partial charge in [-0.1, -0.05) is 0 Å². The van der Waals surface area contributed by atoms with Crippen LogP contribution in [0.2, 0.25) is 0 Å². The molecule has 0 heterocycles. The van der Waals surface area contributed by atoms with Gasteiger partial charge in [-0.15, -0.1) is 0 Å². The van der Waals surface area contributed by atoms with Crippen molar-refractivity contribution in [3.8, 4) is 0 Å². The van der Waals surface area contributed by atoms with E-state index in [9.17, 15) is 8.42 Å². The molecule has 0 aromatic heterocycles. The Labute approximate surface area is 92.1 Å². The van der Waals surface area contributed by atoms with Gasteiger partial charge in [-0.25, -0.2) is 13.1 Å². The number of rotatable bonds is 7. The molecule has 1 aliphatic carbocycles. The maximum absolute atomic E-state index is 11.7. The molecule has 0 saturated heterocycles. The van der Waals surface area contributed by atoms with Crippen molar-refractivity contribution in [1.82, 2.24) is 4.72 Å². The van der Waals surface area contributed by atoms with Crippen LogP contribution in [0, 0.1) is 5.92 Å². The molecule has 90 valence electrons. The van der Waals surface area contributed by atoms with Crippen LogP contribution < -0.4 is 4.72 Å². The summed E-state index contributed by atoms with van der Waals surface area (Å²) in [6, 6.07) is 0. The first kappa shape index (κ1) is 12.9. The maximum Gasteiger partial charge on any atom is 0.212 e. The second-order valence-electron chi connectivity index (χ2n) is 4.85. The van der Waals surface area contributed by atoms with E-state index in [1.54, 1.807) is 0 Å². The summed E-state index contributed by atoms with van der Waals surface area (Å²) in [7, 11) is -3.18. The topological polar surface area (TPSA) is 66.4 Å². The van der Waals surface area contributed by atoms with Crippen LogP contribution in [0.25, 0.3) is 0 Å². The standard InChI is InChI=1S/C10H21NO3S/c1-10(2,9-5-6-9)11-15(13,14)8-4-3-7-12/h9,11-12H,3-8H2,1-2H3. The van der Waals surface area contributed by atoms with E-state index in [4.69, 9.17) is 5.11 Å². The molecule has 0 spiro atoms. The van der Waals surface area contributed by atoms with E-state index in [1.807, 2.05) is 13.8 Å². The van der Waals surface area contributed by atoms with E-state index in [0.717, 1.165) is 12.8 Å². The molecule has 0 unspecified atom stereocenters. The van der Waals surface area contributed by atoms with E-state index in [1.165, 1.54) is 0 Å². The Morgan fingerprint density at radius 2 is 1.93 bits per heavy atom. The lowest BCUT2D eigenvalue weighted by molar-refractivity contribution is 0.287. The summed E-state index contributed by atoms with van der Waals surface area (Å²) in [6.45, 7) is 3.93. The zero-order valence-corrected chi connectivity index (χ0v) is 10.3. The molecule has 1 aliphatic rings. The van der Waals surface area contributed by atoms with Gasteiger partial charge in [0.05, 0.1) is 5.75 Å². The van der Waals surface area contributed by atoms with Crippen LogP contribution in [0.15, 0.2) is 0 Å². The molecule has 0 amide bonds. The molecule has 4 nitrogen and oxygen atoms in total. The first-order valence-corrected chi connectivity index (χ1v) is 7.15. The van der Waals surface area contributed by atoms with Gasteiger partial charge >= 0.3 is 0 Å². The fourth-order valence-electron chi connectivity index (χ4n) is 1.74. The zero-order valence-electron chi connectivity index (χ0n) is 9.49. The second kappa shape index (κ2) is 4.80. The average Bonchev–Trinajstić information content (AvgIpc) is 2.83. The van der Waals surface area contributed by atoms with Gasteiger partial charge in [-0.2, -0.15) is 0 Å². The highest BCUT2D eigenvalue weighted by molar-refractivity contribution is 7.89. The molecule has 0 radical (unpaired) electrons. The van der Waals surface area contributed by atoms with Crippen molar-refractivity contribution >= 4 is 10.0 Å². The van der Waals surface area contributed by atoms with Gasteiger partial charge in [0.15, 0.2) is 0 Å². The van der Waals surface area contributed by atoms with Crippen molar-refractivity contribution in [3.63, 3.8) is 0 Å². The highest BCUT2D eigenvalue weighted by Gasteiger charge is 2.40. The lowest BCUT2D eigenvalue weighted by Crippen LogP contribution is -2.46. The molecule has 2 N–H and O–H groups in total. The summed E-state index contributed by atoms with van der Waals surface area (Å²) >= 11 is 0. The van der Waals surface area contributed by atoms with Crippen molar-refractivity contribution in [2.24, 2.45) is 5.92 Å². The van der Waals surface area contributed by atoms with Crippen LogP contribution in [0.3, 0.4) is 0 Å². The molecule has 1 fully saturated rings. The third-order valence-corrected chi connectivity index (χ3v) is 4.50. The molecule has 5 heteroatoms. The van der Waals surface area contributed by atoms with E-state index < -0.39 is 10.0 Å². The monoisotopic (exact) mass is 235 g/mol. The normalized spacial score (nSPS) is 18.1. The first-order chi connectivity index (χ1) is 6.87. The van der Waals surface area contributed by atoms with E-state index in [-0.39, 0.29) is 17.9 Å². The molecule has 0 aromatic carbocycles. The van der Waals surface area contributed by atoms with Crippen LogP contribution in [0.5, 0.6) is 0 Å². The minimum Gasteiger partial charge on any atom is -0.396 e. The average molecular weight is 235 g/mol. The Bertz CT molecular complexity index is 294. The number of hydrogen-bond acceptors (Lipinski definition) is 3. The number of nitrogens with one attached hydrogen (secondary N) is 1. The van der Waals surface area contributed by atoms with E-state index in [0.29, 0.717) is 18.8 Å². The Hall–Kier alpha value is -0.130. The molecular weight excluding hydrogens is 214 g/mol. The summed E-state index contributed by atoms with van der Waals surface area (Å²) in [6.07, 6.45) is 3.30. The van der Waals surface area contributed by atoms with Gasteiger partial charge < -0.3 is 5.11 Å². The predicted molar refractivity (Wildman–Crippen MR) is 60.0 cm³/mol. The van der Waals surface area contributed by atoms with Gasteiger partial charge in [-0.05, 0) is 45.4 Å². The molecule has 1 saturated carbocycles. The summed E-state index contributed by atoms with van der Waals surface area (Å²) in [5.41, 5.74) is -0.307. The Balaban J connectivity index is 2.41. The molecule has 1 rings (SSSR count). The number of hydrogen-bond donors (Lipinski definition) is 2. The van der Waals surface area contributed by atoms with Crippen LogP contribution in [-0.2, 0) is 10.0 Å². The smallest absolute Gasteiger partial charge is 0.212 e. The highest BCUT2D eigenvalue weighted by atomic mass is 32.2.